The van der Waals surface area contributed by atoms with E-state index in [1.807, 2.05) is 19.2 Å². The topological polar surface area (TPSA) is 157 Å². The van der Waals surface area contributed by atoms with Gasteiger partial charge in [-0.25, -0.2) is 4.79 Å². The van der Waals surface area contributed by atoms with Gasteiger partial charge >= 0.3 is 5.97 Å². The molecule has 18 atom stereocenters. The maximum Gasteiger partial charge on any atom is 0.331 e. The zero-order valence-electron chi connectivity index (χ0n) is 44.4. The van der Waals surface area contributed by atoms with Crippen LogP contribution in [-0.4, -0.2) is 79.9 Å². The Labute approximate surface area is 440 Å². The monoisotopic (exact) mass is 1010 g/mol. The summed E-state index contributed by atoms with van der Waals surface area (Å²) in [6.45, 7) is 2.32. The van der Waals surface area contributed by atoms with E-state index in [9.17, 15) is 25.2 Å². The average molecular weight is 1010 g/mol. The lowest BCUT2D eigenvalue weighted by molar-refractivity contribution is -0.356. The van der Waals surface area contributed by atoms with Gasteiger partial charge in [-0.05, 0) is 198 Å². The minimum absolute atomic E-state index is 0.0925. The highest BCUT2D eigenvalue weighted by molar-refractivity contribution is 5.86. The van der Waals surface area contributed by atoms with Crippen LogP contribution in [0.1, 0.15) is 170 Å². The van der Waals surface area contributed by atoms with Crippen LogP contribution in [0, 0.1) is 92.7 Å². The minimum atomic E-state index is -1.75. The van der Waals surface area contributed by atoms with Gasteiger partial charge in [-0.2, -0.15) is 0 Å². The Morgan fingerprint density at radius 1 is 0.865 bits per heavy atom. The van der Waals surface area contributed by atoms with E-state index in [0.717, 1.165) is 92.8 Å². The molecular weight excluding hydrogens is 923 g/mol. The number of ether oxygens (including phenoxy) is 1. The van der Waals surface area contributed by atoms with Crippen LogP contribution < -0.4 is 5.32 Å². The highest BCUT2D eigenvalue weighted by Gasteiger charge is 2.85. The van der Waals surface area contributed by atoms with E-state index in [0.29, 0.717) is 75.5 Å². The van der Waals surface area contributed by atoms with Gasteiger partial charge in [-0.1, -0.05) is 99.8 Å². The first-order chi connectivity index (χ1) is 35.7. The molecule has 12 aliphatic rings. The van der Waals surface area contributed by atoms with Crippen molar-refractivity contribution in [3.63, 3.8) is 0 Å². The summed E-state index contributed by atoms with van der Waals surface area (Å²) >= 11 is 0. The molecule has 0 aromatic heterocycles. The van der Waals surface area contributed by atoms with Gasteiger partial charge in [0.05, 0.1) is 29.3 Å². The van der Waals surface area contributed by atoms with Gasteiger partial charge in [0.1, 0.15) is 18.0 Å². The molecule has 9 saturated carbocycles. The molecule has 9 fully saturated rings. The molecule has 0 amide bonds. The second-order valence-electron chi connectivity index (χ2n) is 27.6. The zero-order chi connectivity index (χ0) is 51.0. The lowest BCUT2D eigenvalue weighted by Crippen LogP contribution is -2.82. The Hall–Kier alpha value is -3.36. The number of hydrogen-bond acceptors (Lipinski definition) is 9. The van der Waals surface area contributed by atoms with Gasteiger partial charge in [0.15, 0.2) is 0 Å². The summed E-state index contributed by atoms with van der Waals surface area (Å²) < 4.78 is 6.47. The predicted octanol–water partition coefficient (Wildman–Crippen LogP) is 9.35. The Bertz CT molecular complexity index is 2610. The number of esters is 1. The van der Waals surface area contributed by atoms with Crippen LogP contribution in [0.3, 0.4) is 0 Å². The number of carbonyl (C=O) groups excluding carboxylic acids is 2. The molecule has 0 radical (unpaired) electrons. The SMILES string of the molecule is CNC1Cc2c(cccc2CO)C#CC2(CCCC2)CC23CCC4C(O)(CC5CC(C(C)C6CCCC6)CCC6C(O)C7(CCC(CCc8ccccc8)C7)CC4(C=O)C56O)C2(O)CC2CC1C1OC(=O)C=C1C23. The summed E-state index contributed by atoms with van der Waals surface area (Å²) in [5, 5.41) is 72.1. The smallest absolute Gasteiger partial charge is 0.331 e. The van der Waals surface area contributed by atoms with Crippen LogP contribution in [0.4, 0.5) is 0 Å². The summed E-state index contributed by atoms with van der Waals surface area (Å²) in [5.41, 5.74) is -3.33. The Balaban J connectivity index is 0.977. The van der Waals surface area contributed by atoms with Crippen LogP contribution in [0.2, 0.25) is 0 Å². The maximum absolute atomic E-state index is 15.3. The Morgan fingerprint density at radius 3 is 2.42 bits per heavy atom. The van der Waals surface area contributed by atoms with Crippen molar-refractivity contribution in [2.75, 3.05) is 7.05 Å². The highest BCUT2D eigenvalue weighted by Crippen LogP contribution is 2.80. The molecule has 2 aromatic rings. The van der Waals surface area contributed by atoms with Gasteiger partial charge in [-0.15, -0.1) is 0 Å². The van der Waals surface area contributed by atoms with Gasteiger partial charge < -0.3 is 40.4 Å². The van der Waals surface area contributed by atoms with Gasteiger partial charge in [0, 0.05) is 46.3 Å². The third-order valence-electron chi connectivity index (χ3n) is 25.0. The molecule has 9 heteroatoms. The fourth-order valence-electron chi connectivity index (χ4n) is 21.9. The summed E-state index contributed by atoms with van der Waals surface area (Å²) in [7, 11) is 1.97. The number of fused-ring (bicyclic) bond motifs is 4. The quantitative estimate of drug-likeness (QED) is 0.0862. The summed E-state index contributed by atoms with van der Waals surface area (Å²) in [6, 6.07) is 16.6. The number of hydrogen-bond donors (Lipinski definition) is 6. The third-order valence-corrected chi connectivity index (χ3v) is 25.0. The maximum atomic E-state index is 15.3. The molecule has 1 heterocycles. The summed E-state index contributed by atoms with van der Waals surface area (Å²) in [6.07, 6.45) is 20.6. The van der Waals surface area contributed by atoms with Crippen molar-refractivity contribution in [1.29, 1.82) is 0 Å². The lowest BCUT2D eigenvalue weighted by atomic mass is 9.33. The molecule has 6 N–H and O–H groups in total. The summed E-state index contributed by atoms with van der Waals surface area (Å²) in [4.78, 5) is 29.2. The standard InChI is InChI=1S/C65H85NO8/c1-40(43-13-6-7-14-43)45-19-20-52-58(70)60(27-21-42(33-60)18-17-41-11-4-3-5-12-41)38-62(39-68)54-23-28-61-37-59(24-8-9-25-59)26-22-44-15-10-16-46(36-67)49(44)31-53(66-2)50-30-47(56(61)51-32-55(69)74-57(50)51)34-64(61,72)63(54,71)35-48(29-45)65(52,62)73/h3-5,10-12,15-16,32,39-40,42-43,45,47-48,50,52-54,56-58,66-67,70-73H,6-9,13-14,17-21,23-25,27-31,33-38H2,1-2H3. The number of nitrogens with one attached hydrogen (secondary N) is 1. The van der Waals surface area contributed by atoms with E-state index in [1.165, 1.54) is 31.2 Å². The molecule has 9 nitrogen and oxygen atoms in total. The van der Waals surface area contributed by atoms with Crippen molar-refractivity contribution in [1.82, 2.24) is 5.32 Å². The minimum Gasteiger partial charge on any atom is -0.454 e. The number of aliphatic hydroxyl groups is 5. The first-order valence-corrected chi connectivity index (χ1v) is 29.9. The van der Waals surface area contributed by atoms with Crippen molar-refractivity contribution in [3.05, 3.63) is 82.4 Å². The Kier molecular flexibility index (Phi) is 12.3. The largest absolute Gasteiger partial charge is 0.454 e. The van der Waals surface area contributed by atoms with Crippen LogP contribution in [0.5, 0.6) is 0 Å². The number of benzene rings is 2. The Morgan fingerprint density at radius 2 is 1.66 bits per heavy atom. The second-order valence-corrected chi connectivity index (χ2v) is 27.6. The van der Waals surface area contributed by atoms with E-state index in [2.05, 4.69) is 60.5 Å². The lowest BCUT2D eigenvalue weighted by Gasteiger charge is -2.74. The molecule has 14 rings (SSSR count). The van der Waals surface area contributed by atoms with Crippen LogP contribution in [0.15, 0.2) is 60.2 Å². The number of rotatable bonds is 8. The fourth-order valence-corrected chi connectivity index (χ4v) is 21.9. The van der Waals surface area contributed by atoms with E-state index in [-0.39, 0.29) is 48.7 Å². The first kappa shape index (κ1) is 50.2. The van der Waals surface area contributed by atoms with E-state index in [4.69, 9.17) is 4.74 Å². The van der Waals surface area contributed by atoms with Crippen LogP contribution >= 0.6 is 0 Å². The normalized spacial score (nSPS) is 46.1. The highest BCUT2D eigenvalue weighted by atomic mass is 16.5. The number of likely N-dealkylation sites (N-methyl/N-ethyl adjacent to an activating group) is 1. The summed E-state index contributed by atoms with van der Waals surface area (Å²) in [5.74, 6) is 6.72. The van der Waals surface area contributed by atoms with Gasteiger partial charge in [0.25, 0.3) is 0 Å². The molecule has 0 saturated heterocycles. The number of aliphatic hydroxyl groups excluding tert-OH is 2. The third kappa shape index (κ3) is 7.01. The van der Waals surface area contributed by atoms with Crippen molar-refractivity contribution in [2.24, 2.45) is 80.8 Å². The van der Waals surface area contributed by atoms with Crippen molar-refractivity contribution >= 4 is 12.3 Å². The second kappa shape index (κ2) is 18.1. The number of aldehydes is 1. The van der Waals surface area contributed by atoms with Crippen molar-refractivity contribution < 1.29 is 39.9 Å². The molecule has 11 aliphatic carbocycles. The first-order valence-electron chi connectivity index (χ1n) is 29.9. The zero-order valence-corrected chi connectivity index (χ0v) is 44.4. The predicted molar refractivity (Wildman–Crippen MR) is 283 cm³/mol. The fraction of sp³-hybridized carbons (Fsp3) is 0.723. The molecule has 74 heavy (non-hydrogen) atoms. The van der Waals surface area contributed by atoms with E-state index < -0.39 is 68.4 Å². The van der Waals surface area contributed by atoms with Crippen LogP contribution in [0.25, 0.3) is 0 Å². The number of aryl methyl sites for hydroxylation is 1. The van der Waals surface area contributed by atoms with Crippen molar-refractivity contribution in [2.45, 2.75) is 203 Å². The molecular formula is C65H85NO8. The molecule has 1 aliphatic heterocycles. The molecule has 4 bridgehead atoms. The number of carbonyl (C=O) groups is 2. The molecule has 2 aromatic carbocycles. The molecule has 3 spiro atoms. The van der Waals surface area contributed by atoms with Crippen molar-refractivity contribution in [3.8, 4) is 11.8 Å². The van der Waals surface area contributed by atoms with Gasteiger partial charge in [0.2, 0.25) is 0 Å². The van der Waals surface area contributed by atoms with Crippen LogP contribution in [-0.2, 0) is 33.8 Å². The van der Waals surface area contributed by atoms with E-state index >= 15 is 9.90 Å². The van der Waals surface area contributed by atoms with Gasteiger partial charge in [-0.3, -0.25) is 0 Å². The molecule has 398 valence electrons. The average Bonchev–Trinajstić information content (AvgIpc) is 4.29. The van der Waals surface area contributed by atoms with E-state index in [1.54, 1.807) is 6.08 Å². The molecule has 18 unspecified atom stereocenters.